The molecule has 2 atom stereocenters. The molecule has 5 heterocycles. The first kappa shape index (κ1) is 26.5. The first-order valence-corrected chi connectivity index (χ1v) is 13.8. The van der Waals surface area contributed by atoms with Crippen molar-refractivity contribution in [3.63, 3.8) is 0 Å². The number of nitrogens with one attached hydrogen (secondary N) is 2. The molecule has 0 bridgehead atoms. The maximum atomic E-state index is 15.2. The summed E-state index contributed by atoms with van der Waals surface area (Å²) in [7, 11) is 2.06. The minimum atomic E-state index is -0.553. The third-order valence-electron chi connectivity index (χ3n) is 7.69. The van der Waals surface area contributed by atoms with Crippen molar-refractivity contribution < 1.29 is 8.78 Å². The van der Waals surface area contributed by atoms with Gasteiger partial charge >= 0.3 is 0 Å². The molecule has 0 spiro atoms. The largest absolute Gasteiger partial charge is 0.354 e. The van der Waals surface area contributed by atoms with Crippen molar-refractivity contribution >= 4 is 28.5 Å². The molecule has 1 aromatic carbocycles. The molecule has 2 N–H and O–H groups in total. The summed E-state index contributed by atoms with van der Waals surface area (Å²) in [6.45, 7) is 9.77. The first-order valence-electron chi connectivity index (χ1n) is 13.8. The normalized spacial score (nSPS) is 20.8. The van der Waals surface area contributed by atoms with Crippen LogP contribution in [0.3, 0.4) is 0 Å². The van der Waals surface area contributed by atoms with Crippen LogP contribution in [-0.2, 0) is 6.54 Å². The molecule has 2 saturated heterocycles. The van der Waals surface area contributed by atoms with Crippen LogP contribution >= 0.6 is 0 Å². The first-order chi connectivity index (χ1) is 19.3. The molecular weight excluding hydrogens is 512 g/mol. The van der Waals surface area contributed by atoms with E-state index in [1.165, 1.54) is 12.1 Å². The third-order valence-corrected chi connectivity index (χ3v) is 7.69. The van der Waals surface area contributed by atoms with E-state index in [1.807, 2.05) is 18.2 Å². The molecule has 0 unspecified atom stereocenters. The monoisotopic (exact) mass is 547 g/mol. The average Bonchev–Trinajstić information content (AvgIpc) is 3.35. The lowest BCUT2D eigenvalue weighted by atomic mass is 10.1. The summed E-state index contributed by atoms with van der Waals surface area (Å²) in [4.78, 5) is 20.3. The van der Waals surface area contributed by atoms with Gasteiger partial charge in [0.25, 0.3) is 0 Å². The zero-order chi connectivity index (χ0) is 27.8. The molecule has 40 heavy (non-hydrogen) atoms. The number of nitrogens with zero attached hydrogens (tertiary/aromatic N) is 7. The Morgan fingerprint density at radius 2 is 1.68 bits per heavy atom. The van der Waals surface area contributed by atoms with E-state index >= 15 is 8.78 Å². The van der Waals surface area contributed by atoms with Crippen LogP contribution in [-0.4, -0.2) is 87.7 Å². The molecule has 0 radical (unpaired) electrons. The van der Waals surface area contributed by atoms with Crippen molar-refractivity contribution in [3.05, 3.63) is 66.1 Å². The minimum Gasteiger partial charge on any atom is -0.354 e. The molecule has 0 amide bonds. The van der Waals surface area contributed by atoms with Gasteiger partial charge in [-0.25, -0.2) is 18.7 Å². The second kappa shape index (κ2) is 11.1. The Kier molecular flexibility index (Phi) is 7.35. The molecule has 0 aliphatic carbocycles. The Bertz CT molecular complexity index is 1450. The summed E-state index contributed by atoms with van der Waals surface area (Å²) in [6, 6.07) is 9.33. The molecular formula is C29H35F2N9. The Morgan fingerprint density at radius 1 is 0.950 bits per heavy atom. The summed E-state index contributed by atoms with van der Waals surface area (Å²) in [6.07, 6.45) is 5.22. The number of aromatic nitrogens is 4. The predicted molar refractivity (Wildman–Crippen MR) is 153 cm³/mol. The smallest absolute Gasteiger partial charge is 0.229 e. The number of benzene rings is 1. The lowest BCUT2D eigenvalue weighted by Gasteiger charge is -2.36. The van der Waals surface area contributed by atoms with Gasteiger partial charge in [-0.2, -0.15) is 4.98 Å². The van der Waals surface area contributed by atoms with Gasteiger partial charge in [-0.3, -0.25) is 4.90 Å². The lowest BCUT2D eigenvalue weighted by molar-refractivity contribution is 0.145. The summed E-state index contributed by atoms with van der Waals surface area (Å²) in [5.41, 5.74) is 1.78. The topological polar surface area (TPSA) is 77.4 Å². The van der Waals surface area contributed by atoms with Gasteiger partial charge in [-0.1, -0.05) is 0 Å². The van der Waals surface area contributed by atoms with Crippen molar-refractivity contribution in [1.29, 1.82) is 0 Å². The molecule has 4 aromatic rings. The van der Waals surface area contributed by atoms with Gasteiger partial charge < -0.3 is 25.0 Å². The van der Waals surface area contributed by atoms with Crippen LogP contribution in [0.1, 0.15) is 19.4 Å². The lowest BCUT2D eigenvalue weighted by Crippen LogP contribution is -2.54. The minimum absolute atomic E-state index is 0.0995. The van der Waals surface area contributed by atoms with Crippen molar-refractivity contribution in [2.24, 2.45) is 0 Å². The number of fused-ring (bicyclic) bond motifs is 1. The van der Waals surface area contributed by atoms with E-state index in [-0.39, 0.29) is 12.1 Å². The molecule has 2 aliphatic rings. The molecule has 3 aromatic heterocycles. The highest BCUT2D eigenvalue weighted by Crippen LogP contribution is 2.25. The maximum Gasteiger partial charge on any atom is 0.229 e. The Labute approximate surface area is 232 Å². The summed E-state index contributed by atoms with van der Waals surface area (Å²) in [5, 5.41) is 7.51. The summed E-state index contributed by atoms with van der Waals surface area (Å²) < 4.78 is 32.0. The fourth-order valence-electron chi connectivity index (χ4n) is 5.59. The van der Waals surface area contributed by atoms with E-state index in [1.54, 1.807) is 23.2 Å². The van der Waals surface area contributed by atoms with Crippen LogP contribution in [0.5, 0.6) is 0 Å². The maximum absolute atomic E-state index is 15.2. The highest BCUT2D eigenvalue weighted by atomic mass is 19.1. The number of piperazine rings is 2. The van der Waals surface area contributed by atoms with Crippen molar-refractivity contribution in [1.82, 2.24) is 34.6 Å². The van der Waals surface area contributed by atoms with Crippen LogP contribution in [0.25, 0.3) is 16.7 Å². The number of hydrogen-bond acceptors (Lipinski definition) is 8. The second-order valence-corrected chi connectivity index (χ2v) is 11.0. The van der Waals surface area contributed by atoms with Gasteiger partial charge in [-0.15, -0.1) is 0 Å². The highest BCUT2D eigenvalue weighted by Gasteiger charge is 2.22. The van der Waals surface area contributed by atoms with E-state index in [2.05, 4.69) is 61.2 Å². The van der Waals surface area contributed by atoms with E-state index in [0.29, 0.717) is 29.4 Å². The van der Waals surface area contributed by atoms with E-state index in [9.17, 15) is 0 Å². The van der Waals surface area contributed by atoms with Gasteiger partial charge in [0.2, 0.25) is 5.95 Å². The number of likely N-dealkylation sites (N-methyl/N-ethyl adjacent to an activating group) is 1. The Balaban J connectivity index is 1.20. The van der Waals surface area contributed by atoms with Crippen LogP contribution < -0.4 is 15.5 Å². The number of hydrogen-bond donors (Lipinski definition) is 2. The van der Waals surface area contributed by atoms with Crippen LogP contribution in [0.4, 0.5) is 26.2 Å². The number of pyridine rings is 1. The van der Waals surface area contributed by atoms with Crippen molar-refractivity contribution in [2.75, 3.05) is 56.5 Å². The van der Waals surface area contributed by atoms with E-state index < -0.39 is 11.6 Å². The van der Waals surface area contributed by atoms with Gasteiger partial charge in [0.05, 0.1) is 17.6 Å². The number of halogens is 2. The highest BCUT2D eigenvalue weighted by molar-refractivity contribution is 5.78. The van der Waals surface area contributed by atoms with Crippen molar-refractivity contribution in [3.8, 4) is 5.69 Å². The molecule has 2 fully saturated rings. The summed E-state index contributed by atoms with van der Waals surface area (Å²) in [5.74, 6) is 0.195. The second-order valence-electron chi connectivity index (χ2n) is 11.0. The molecule has 11 heteroatoms. The van der Waals surface area contributed by atoms with E-state index in [4.69, 9.17) is 0 Å². The fourth-order valence-corrected chi connectivity index (χ4v) is 5.59. The number of rotatable bonds is 6. The Morgan fingerprint density at radius 3 is 2.35 bits per heavy atom. The fraction of sp³-hybridized carbons (Fsp3) is 0.414. The zero-order valence-corrected chi connectivity index (χ0v) is 23.1. The zero-order valence-electron chi connectivity index (χ0n) is 23.1. The average molecular weight is 548 g/mol. The molecule has 2 aliphatic heterocycles. The number of anilines is 3. The van der Waals surface area contributed by atoms with Gasteiger partial charge in [-0.05, 0) is 51.2 Å². The molecule has 6 rings (SSSR count). The molecule has 210 valence electrons. The van der Waals surface area contributed by atoms with Gasteiger partial charge in [0.1, 0.15) is 23.1 Å². The van der Waals surface area contributed by atoms with Crippen LogP contribution in [0.15, 0.2) is 48.9 Å². The molecule has 0 saturated carbocycles. The molecule has 9 nitrogen and oxygen atoms in total. The quantitative estimate of drug-likeness (QED) is 0.378. The SMILES string of the molecule is C[C@@H]1CN(c2ccc(Nc3ncc4ccn(-c5cc(F)c(CN6CCN(C)CC6)c(F)c5)c4n3)cn2)C[C@H](C)N1. The van der Waals surface area contributed by atoms with Crippen LogP contribution in [0.2, 0.25) is 0 Å². The van der Waals surface area contributed by atoms with Crippen LogP contribution in [0, 0.1) is 11.6 Å². The summed E-state index contributed by atoms with van der Waals surface area (Å²) >= 11 is 0. The van der Waals surface area contributed by atoms with Gasteiger partial charge in [0.15, 0.2) is 0 Å². The van der Waals surface area contributed by atoms with Gasteiger partial charge in [0, 0.05) is 81.2 Å². The Hall–Kier alpha value is -3.67. The third kappa shape index (κ3) is 5.63. The predicted octanol–water partition coefficient (Wildman–Crippen LogP) is 3.77. The van der Waals surface area contributed by atoms with E-state index in [0.717, 1.165) is 56.2 Å². The standard InChI is InChI=1S/C29H35F2N9/c1-19-16-39(17-20(2)34-19)27-5-4-22(15-32-27)35-29-33-14-21-6-7-40(28(21)36-29)23-12-25(30)24(26(31)13-23)18-38-10-8-37(3)9-11-38/h4-7,12-15,19-20,34H,8-11,16-18H2,1-3H3,(H,33,35,36)/t19-,20+. The van der Waals surface area contributed by atoms with Crippen molar-refractivity contribution in [2.45, 2.75) is 32.5 Å².